The molecule has 1 fully saturated rings. The standard InChI is InChI=1S/C15H24N4O2/c1-19(2)13-7-6-12(10-16-13)18-14(20)17-11-15(21)8-4-3-5-9-15/h6-7,10,21H,3-5,8-9,11H2,1-2H3,(H2,17,18,20). The van der Waals surface area contributed by atoms with Gasteiger partial charge in [-0.1, -0.05) is 19.3 Å². The third-order valence-electron chi connectivity index (χ3n) is 3.83. The van der Waals surface area contributed by atoms with E-state index >= 15 is 0 Å². The van der Waals surface area contributed by atoms with Crippen molar-refractivity contribution in [2.75, 3.05) is 30.9 Å². The van der Waals surface area contributed by atoms with Crippen LogP contribution in [0.25, 0.3) is 0 Å². The summed E-state index contributed by atoms with van der Waals surface area (Å²) in [6.07, 6.45) is 6.34. The smallest absolute Gasteiger partial charge is 0.319 e. The van der Waals surface area contributed by atoms with Crippen LogP contribution < -0.4 is 15.5 Å². The molecule has 1 saturated carbocycles. The molecule has 3 N–H and O–H groups in total. The van der Waals surface area contributed by atoms with Crippen molar-refractivity contribution in [2.45, 2.75) is 37.7 Å². The highest BCUT2D eigenvalue weighted by Gasteiger charge is 2.29. The third-order valence-corrected chi connectivity index (χ3v) is 3.83. The second-order valence-corrected chi connectivity index (χ2v) is 5.89. The van der Waals surface area contributed by atoms with Crippen molar-refractivity contribution < 1.29 is 9.90 Å². The first-order chi connectivity index (χ1) is 9.98. The second-order valence-electron chi connectivity index (χ2n) is 5.89. The fourth-order valence-electron chi connectivity index (χ4n) is 2.53. The van der Waals surface area contributed by atoms with E-state index in [1.54, 1.807) is 12.3 Å². The van der Waals surface area contributed by atoms with E-state index in [0.29, 0.717) is 12.2 Å². The highest BCUT2D eigenvalue weighted by Crippen LogP contribution is 2.27. The van der Waals surface area contributed by atoms with Crippen molar-refractivity contribution >= 4 is 17.5 Å². The predicted molar refractivity (Wildman–Crippen MR) is 83.6 cm³/mol. The molecule has 0 saturated heterocycles. The van der Waals surface area contributed by atoms with Gasteiger partial charge in [0.1, 0.15) is 5.82 Å². The van der Waals surface area contributed by atoms with Crippen molar-refractivity contribution in [1.29, 1.82) is 0 Å². The van der Waals surface area contributed by atoms with Gasteiger partial charge in [-0.15, -0.1) is 0 Å². The van der Waals surface area contributed by atoms with E-state index in [0.717, 1.165) is 31.5 Å². The number of urea groups is 1. The molecule has 2 amide bonds. The lowest BCUT2D eigenvalue weighted by molar-refractivity contribution is 0.00755. The van der Waals surface area contributed by atoms with E-state index in [9.17, 15) is 9.90 Å². The van der Waals surface area contributed by atoms with Gasteiger partial charge in [0, 0.05) is 20.6 Å². The van der Waals surface area contributed by atoms with Gasteiger partial charge in [0.05, 0.1) is 17.5 Å². The van der Waals surface area contributed by atoms with E-state index in [4.69, 9.17) is 0 Å². The average Bonchev–Trinajstić information content (AvgIpc) is 2.47. The Balaban J connectivity index is 1.81. The van der Waals surface area contributed by atoms with E-state index in [-0.39, 0.29) is 6.03 Å². The molecule has 0 aliphatic heterocycles. The Morgan fingerprint density at radius 2 is 2.05 bits per heavy atom. The Bertz CT molecular complexity index is 467. The van der Waals surface area contributed by atoms with Gasteiger partial charge in [0.25, 0.3) is 0 Å². The van der Waals surface area contributed by atoms with E-state index in [2.05, 4.69) is 15.6 Å². The minimum atomic E-state index is -0.747. The maximum Gasteiger partial charge on any atom is 0.319 e. The fourth-order valence-corrected chi connectivity index (χ4v) is 2.53. The van der Waals surface area contributed by atoms with Crippen LogP contribution in [0, 0.1) is 0 Å². The summed E-state index contributed by atoms with van der Waals surface area (Å²) in [6, 6.07) is 3.33. The summed E-state index contributed by atoms with van der Waals surface area (Å²) < 4.78 is 0. The topological polar surface area (TPSA) is 77.5 Å². The van der Waals surface area contributed by atoms with Crippen LogP contribution >= 0.6 is 0 Å². The Morgan fingerprint density at radius 1 is 1.33 bits per heavy atom. The molecule has 1 aromatic heterocycles. The number of nitrogens with zero attached hydrogens (tertiary/aromatic N) is 2. The first-order valence-electron chi connectivity index (χ1n) is 7.39. The minimum Gasteiger partial charge on any atom is -0.388 e. The zero-order chi connectivity index (χ0) is 15.3. The van der Waals surface area contributed by atoms with E-state index < -0.39 is 5.60 Å². The van der Waals surface area contributed by atoms with Crippen molar-refractivity contribution in [3.8, 4) is 0 Å². The first-order valence-corrected chi connectivity index (χ1v) is 7.39. The highest BCUT2D eigenvalue weighted by molar-refractivity contribution is 5.89. The molecule has 116 valence electrons. The molecule has 0 atom stereocenters. The van der Waals surface area contributed by atoms with Crippen molar-refractivity contribution in [3.05, 3.63) is 18.3 Å². The number of aliphatic hydroxyl groups is 1. The number of aromatic nitrogens is 1. The lowest BCUT2D eigenvalue weighted by Gasteiger charge is -2.32. The number of rotatable bonds is 4. The Kier molecular flexibility index (Phi) is 5.01. The molecule has 21 heavy (non-hydrogen) atoms. The van der Waals surface area contributed by atoms with Gasteiger partial charge in [-0.2, -0.15) is 0 Å². The predicted octanol–water partition coefficient (Wildman–Crippen LogP) is 1.96. The number of carbonyl (C=O) groups is 1. The van der Waals surface area contributed by atoms with Gasteiger partial charge in [-0.05, 0) is 25.0 Å². The molecule has 1 aliphatic carbocycles. The van der Waals surface area contributed by atoms with Gasteiger partial charge in [-0.25, -0.2) is 9.78 Å². The molecule has 1 aliphatic rings. The second kappa shape index (κ2) is 6.76. The molecule has 6 nitrogen and oxygen atoms in total. The lowest BCUT2D eigenvalue weighted by Crippen LogP contribution is -2.45. The zero-order valence-electron chi connectivity index (χ0n) is 12.7. The van der Waals surface area contributed by atoms with Crippen LogP contribution in [-0.2, 0) is 0 Å². The fraction of sp³-hybridized carbons (Fsp3) is 0.600. The van der Waals surface area contributed by atoms with Gasteiger partial charge >= 0.3 is 6.03 Å². The zero-order valence-corrected chi connectivity index (χ0v) is 12.7. The quantitative estimate of drug-likeness (QED) is 0.793. The molecule has 0 aromatic carbocycles. The summed E-state index contributed by atoms with van der Waals surface area (Å²) in [4.78, 5) is 18.0. The summed E-state index contributed by atoms with van der Waals surface area (Å²) in [5.41, 5.74) is -0.114. The van der Waals surface area contributed by atoms with Crippen LogP contribution in [-0.4, -0.2) is 42.4 Å². The van der Waals surface area contributed by atoms with Crippen LogP contribution in [0.3, 0.4) is 0 Å². The normalized spacial score (nSPS) is 17.1. The van der Waals surface area contributed by atoms with Crippen LogP contribution in [0.15, 0.2) is 18.3 Å². The molecule has 0 unspecified atom stereocenters. The number of carbonyl (C=O) groups excluding carboxylic acids is 1. The Hall–Kier alpha value is -1.82. The van der Waals surface area contributed by atoms with Crippen LogP contribution in [0.5, 0.6) is 0 Å². The molecule has 1 heterocycles. The van der Waals surface area contributed by atoms with Crippen LogP contribution in [0.4, 0.5) is 16.3 Å². The molecule has 0 bridgehead atoms. The van der Waals surface area contributed by atoms with Gasteiger partial charge in [-0.3, -0.25) is 0 Å². The molecular weight excluding hydrogens is 268 g/mol. The third kappa shape index (κ3) is 4.60. The number of pyridine rings is 1. The van der Waals surface area contributed by atoms with Gasteiger partial charge < -0.3 is 20.6 Å². The van der Waals surface area contributed by atoms with Gasteiger partial charge in [0.2, 0.25) is 0 Å². The summed E-state index contributed by atoms with van der Waals surface area (Å²) >= 11 is 0. The Labute approximate surface area is 125 Å². The lowest BCUT2D eigenvalue weighted by atomic mass is 9.85. The number of hydrogen-bond acceptors (Lipinski definition) is 4. The average molecular weight is 292 g/mol. The summed E-state index contributed by atoms with van der Waals surface area (Å²) in [7, 11) is 3.82. The van der Waals surface area contributed by atoms with Crippen molar-refractivity contribution in [1.82, 2.24) is 10.3 Å². The molecule has 6 heteroatoms. The minimum absolute atomic E-state index is 0.294. The van der Waals surface area contributed by atoms with Crippen molar-refractivity contribution in [2.24, 2.45) is 0 Å². The largest absolute Gasteiger partial charge is 0.388 e. The first kappa shape index (κ1) is 15.6. The maximum atomic E-state index is 11.8. The monoisotopic (exact) mass is 292 g/mol. The Morgan fingerprint density at radius 3 is 2.62 bits per heavy atom. The maximum absolute atomic E-state index is 11.8. The summed E-state index contributed by atoms with van der Waals surface area (Å²) in [5.74, 6) is 0.831. The summed E-state index contributed by atoms with van der Waals surface area (Å²) in [5, 5.41) is 15.8. The number of hydrogen-bond donors (Lipinski definition) is 3. The van der Waals surface area contributed by atoms with E-state index in [1.807, 2.05) is 25.1 Å². The van der Waals surface area contributed by atoms with E-state index in [1.165, 1.54) is 6.42 Å². The number of nitrogens with one attached hydrogen (secondary N) is 2. The van der Waals surface area contributed by atoms with Gasteiger partial charge in [0.15, 0.2) is 0 Å². The molecule has 1 aromatic rings. The SMILES string of the molecule is CN(C)c1ccc(NC(=O)NCC2(O)CCCCC2)cn1. The van der Waals surface area contributed by atoms with Crippen molar-refractivity contribution in [3.63, 3.8) is 0 Å². The van der Waals surface area contributed by atoms with Crippen LogP contribution in [0.2, 0.25) is 0 Å². The molecule has 0 radical (unpaired) electrons. The number of amides is 2. The summed E-state index contributed by atoms with van der Waals surface area (Å²) in [6.45, 7) is 0.294. The number of anilines is 2. The highest BCUT2D eigenvalue weighted by atomic mass is 16.3. The molecule has 0 spiro atoms. The van der Waals surface area contributed by atoms with Crippen LogP contribution in [0.1, 0.15) is 32.1 Å². The molecule has 2 rings (SSSR count). The molecular formula is C15H24N4O2.